The lowest BCUT2D eigenvalue weighted by atomic mass is 9.79. The zero-order chi connectivity index (χ0) is 10.4. The van der Waals surface area contributed by atoms with Crippen LogP contribution in [0.2, 0.25) is 0 Å². The number of hydrogen-bond acceptors (Lipinski definition) is 1. The third-order valence-corrected chi connectivity index (χ3v) is 4.06. The summed E-state index contributed by atoms with van der Waals surface area (Å²) in [6, 6.07) is 0. The second-order valence-electron chi connectivity index (χ2n) is 5.21. The fourth-order valence-corrected chi connectivity index (χ4v) is 2.48. The van der Waals surface area contributed by atoms with Gasteiger partial charge in [0.25, 0.3) is 0 Å². The minimum Gasteiger partial charge on any atom is -0.330 e. The Labute approximate surface area is 89.5 Å². The molecule has 1 nitrogen and oxygen atoms in total. The zero-order valence-electron chi connectivity index (χ0n) is 9.97. The van der Waals surface area contributed by atoms with Gasteiger partial charge >= 0.3 is 0 Å². The molecule has 0 aromatic rings. The highest BCUT2D eigenvalue weighted by Gasteiger charge is 2.20. The van der Waals surface area contributed by atoms with E-state index < -0.39 is 0 Å². The predicted molar refractivity (Wildman–Crippen MR) is 63.2 cm³/mol. The Hall–Kier alpha value is -0.0400. The quantitative estimate of drug-likeness (QED) is 0.716. The van der Waals surface area contributed by atoms with Gasteiger partial charge in [0.15, 0.2) is 0 Å². The smallest absolute Gasteiger partial charge is 0.00489 e. The van der Waals surface area contributed by atoms with E-state index in [1.807, 2.05) is 0 Å². The first-order valence-electron chi connectivity index (χ1n) is 6.46. The third-order valence-electron chi connectivity index (χ3n) is 4.06. The Morgan fingerprint density at radius 3 is 2.21 bits per heavy atom. The average molecular weight is 197 g/mol. The zero-order valence-corrected chi connectivity index (χ0v) is 9.97. The molecule has 0 spiro atoms. The van der Waals surface area contributed by atoms with E-state index in [-0.39, 0.29) is 0 Å². The van der Waals surface area contributed by atoms with E-state index in [2.05, 4.69) is 13.8 Å². The highest BCUT2D eigenvalue weighted by atomic mass is 14.5. The van der Waals surface area contributed by atoms with Crippen LogP contribution in [0.25, 0.3) is 0 Å². The molecule has 0 radical (unpaired) electrons. The predicted octanol–water partition coefficient (Wildman–Crippen LogP) is 3.58. The van der Waals surface area contributed by atoms with Gasteiger partial charge in [0.1, 0.15) is 0 Å². The van der Waals surface area contributed by atoms with Crippen molar-refractivity contribution in [3.8, 4) is 0 Å². The van der Waals surface area contributed by atoms with Gasteiger partial charge in [-0.1, -0.05) is 46.0 Å². The summed E-state index contributed by atoms with van der Waals surface area (Å²) in [5.74, 6) is 2.80. The minimum atomic E-state index is 0.842. The molecule has 0 bridgehead atoms. The van der Waals surface area contributed by atoms with Gasteiger partial charge in [-0.2, -0.15) is 0 Å². The largest absolute Gasteiger partial charge is 0.330 e. The minimum absolute atomic E-state index is 0.842. The fourth-order valence-electron chi connectivity index (χ4n) is 2.48. The van der Waals surface area contributed by atoms with Gasteiger partial charge in [-0.25, -0.2) is 0 Å². The topological polar surface area (TPSA) is 26.0 Å². The summed E-state index contributed by atoms with van der Waals surface area (Å²) in [6.45, 7) is 5.60. The van der Waals surface area contributed by atoms with Crippen LogP contribution in [0.15, 0.2) is 0 Å². The van der Waals surface area contributed by atoms with Crippen LogP contribution in [0.3, 0.4) is 0 Å². The van der Waals surface area contributed by atoms with Crippen LogP contribution >= 0.6 is 0 Å². The summed E-state index contributed by atoms with van der Waals surface area (Å²) in [5.41, 5.74) is 5.69. The Bertz CT molecular complexity index is 136. The molecule has 1 aliphatic carbocycles. The summed E-state index contributed by atoms with van der Waals surface area (Å²) >= 11 is 0. The van der Waals surface area contributed by atoms with Crippen molar-refractivity contribution in [1.29, 1.82) is 0 Å². The Morgan fingerprint density at radius 2 is 1.71 bits per heavy atom. The molecule has 1 atom stereocenters. The summed E-state index contributed by atoms with van der Waals surface area (Å²) < 4.78 is 0. The van der Waals surface area contributed by atoms with Crippen molar-refractivity contribution < 1.29 is 0 Å². The molecule has 0 aliphatic heterocycles. The van der Waals surface area contributed by atoms with E-state index in [0.717, 1.165) is 24.3 Å². The fraction of sp³-hybridized carbons (Fsp3) is 1.00. The molecule has 1 aliphatic rings. The molecule has 0 heterocycles. The van der Waals surface area contributed by atoms with Gasteiger partial charge in [0.05, 0.1) is 0 Å². The average Bonchev–Trinajstić information content (AvgIpc) is 2.26. The van der Waals surface area contributed by atoms with E-state index in [1.54, 1.807) is 0 Å². The molecule has 0 amide bonds. The molecule has 1 rings (SSSR count). The third kappa shape index (κ3) is 4.00. The van der Waals surface area contributed by atoms with Gasteiger partial charge in [0.2, 0.25) is 0 Å². The monoisotopic (exact) mass is 197 g/mol. The normalized spacial score (nSPS) is 30.2. The summed E-state index contributed by atoms with van der Waals surface area (Å²) in [4.78, 5) is 0. The van der Waals surface area contributed by atoms with Crippen LogP contribution in [0.1, 0.15) is 58.8 Å². The van der Waals surface area contributed by atoms with Crippen molar-refractivity contribution in [3.05, 3.63) is 0 Å². The van der Waals surface area contributed by atoms with Crippen LogP contribution in [-0.4, -0.2) is 6.54 Å². The van der Waals surface area contributed by atoms with E-state index in [9.17, 15) is 0 Å². The Kier molecular flexibility index (Phi) is 5.54. The molecular weight excluding hydrogens is 170 g/mol. The highest BCUT2D eigenvalue weighted by Crippen LogP contribution is 2.32. The summed E-state index contributed by atoms with van der Waals surface area (Å²) in [7, 11) is 0. The molecule has 1 fully saturated rings. The second kappa shape index (κ2) is 6.44. The number of hydrogen-bond donors (Lipinski definition) is 1. The van der Waals surface area contributed by atoms with Crippen molar-refractivity contribution in [2.45, 2.75) is 58.8 Å². The van der Waals surface area contributed by atoms with Gasteiger partial charge in [-0.15, -0.1) is 0 Å². The summed E-state index contributed by atoms with van der Waals surface area (Å²) in [6.07, 6.45) is 9.92. The molecule has 14 heavy (non-hydrogen) atoms. The van der Waals surface area contributed by atoms with Gasteiger partial charge < -0.3 is 5.73 Å². The molecule has 1 saturated carbocycles. The van der Waals surface area contributed by atoms with Crippen molar-refractivity contribution in [1.82, 2.24) is 0 Å². The SMILES string of the molecule is CCC(C)CC[C@H]1CC[C@@H](CN)CC1. The van der Waals surface area contributed by atoms with Gasteiger partial charge in [-0.3, -0.25) is 0 Å². The second-order valence-corrected chi connectivity index (χ2v) is 5.21. The Morgan fingerprint density at radius 1 is 1.14 bits per heavy atom. The van der Waals surface area contributed by atoms with E-state index in [1.165, 1.54) is 44.9 Å². The Balaban J connectivity index is 2.10. The first-order valence-corrected chi connectivity index (χ1v) is 6.46. The molecule has 84 valence electrons. The number of rotatable bonds is 5. The maximum Gasteiger partial charge on any atom is -0.00489 e. The van der Waals surface area contributed by atoms with Crippen molar-refractivity contribution >= 4 is 0 Å². The van der Waals surface area contributed by atoms with Crippen molar-refractivity contribution in [2.75, 3.05) is 6.54 Å². The van der Waals surface area contributed by atoms with E-state index in [4.69, 9.17) is 5.73 Å². The lowest BCUT2D eigenvalue weighted by Gasteiger charge is -2.28. The van der Waals surface area contributed by atoms with Crippen LogP contribution in [-0.2, 0) is 0 Å². The van der Waals surface area contributed by atoms with E-state index >= 15 is 0 Å². The number of nitrogens with two attached hydrogens (primary N) is 1. The van der Waals surface area contributed by atoms with Crippen LogP contribution in [0.4, 0.5) is 0 Å². The molecule has 0 aromatic heterocycles. The molecular formula is C13H27N. The van der Waals surface area contributed by atoms with E-state index in [0.29, 0.717) is 0 Å². The van der Waals surface area contributed by atoms with Gasteiger partial charge in [-0.05, 0) is 37.1 Å². The lowest BCUT2D eigenvalue weighted by molar-refractivity contribution is 0.254. The first-order chi connectivity index (χ1) is 6.76. The first kappa shape index (κ1) is 12.0. The van der Waals surface area contributed by atoms with Crippen molar-refractivity contribution in [2.24, 2.45) is 23.5 Å². The van der Waals surface area contributed by atoms with Crippen molar-refractivity contribution in [3.63, 3.8) is 0 Å². The molecule has 2 N–H and O–H groups in total. The van der Waals surface area contributed by atoms with Gasteiger partial charge in [0, 0.05) is 0 Å². The van der Waals surface area contributed by atoms with Crippen LogP contribution in [0, 0.1) is 17.8 Å². The van der Waals surface area contributed by atoms with Crippen LogP contribution < -0.4 is 5.73 Å². The molecule has 1 heteroatoms. The summed E-state index contributed by atoms with van der Waals surface area (Å²) in [5, 5.41) is 0. The van der Waals surface area contributed by atoms with Crippen LogP contribution in [0.5, 0.6) is 0 Å². The highest BCUT2D eigenvalue weighted by molar-refractivity contribution is 4.73. The standard InChI is InChI=1S/C13H27N/c1-3-11(2)4-5-12-6-8-13(10-14)9-7-12/h11-13H,3-10,14H2,1-2H3/t11?,12-,13+. The molecule has 0 aromatic carbocycles. The lowest BCUT2D eigenvalue weighted by Crippen LogP contribution is -2.21. The maximum atomic E-state index is 5.69. The maximum absolute atomic E-state index is 5.69. The molecule has 0 saturated heterocycles. The molecule has 1 unspecified atom stereocenters.